The van der Waals surface area contributed by atoms with Crippen molar-refractivity contribution in [2.24, 2.45) is 0 Å². The average Bonchev–Trinajstić information content (AvgIpc) is 2.06. The number of hydrogen-bond donors (Lipinski definition) is 2. The van der Waals surface area contributed by atoms with E-state index in [-0.39, 0.29) is 5.37 Å². The Morgan fingerprint density at radius 2 is 2.08 bits per heavy atom. The van der Waals surface area contributed by atoms with E-state index in [9.17, 15) is 0 Å². The lowest BCUT2D eigenvalue weighted by Crippen LogP contribution is -2.38. The van der Waals surface area contributed by atoms with Crippen LogP contribution in [-0.2, 0) is 4.74 Å². The van der Waals surface area contributed by atoms with Crippen molar-refractivity contribution in [3.63, 3.8) is 0 Å². The number of nitrogens with one attached hydrogen (secondary N) is 1. The Kier molecular flexibility index (Phi) is 5.04. The quantitative estimate of drug-likeness (QED) is 0.520. The summed E-state index contributed by atoms with van der Waals surface area (Å²) in [7, 11) is 1.71. The van der Waals surface area contributed by atoms with E-state index in [0.29, 0.717) is 12.6 Å². The van der Waals surface area contributed by atoms with E-state index >= 15 is 0 Å². The summed E-state index contributed by atoms with van der Waals surface area (Å²) in [6.45, 7) is 0.694. The second-order valence-corrected chi connectivity index (χ2v) is 4.10. The minimum atomic E-state index is 0.207. The Bertz CT molecular complexity index is 115. The van der Waals surface area contributed by atoms with Crippen molar-refractivity contribution in [3.8, 4) is 0 Å². The summed E-state index contributed by atoms with van der Waals surface area (Å²) >= 11 is 4.38. The van der Waals surface area contributed by atoms with Crippen LogP contribution in [-0.4, -0.2) is 25.1 Å². The van der Waals surface area contributed by atoms with E-state index in [0.717, 1.165) is 0 Å². The van der Waals surface area contributed by atoms with E-state index in [1.807, 2.05) is 0 Å². The predicted octanol–water partition coefficient (Wildman–Crippen LogP) is 1.81. The predicted molar refractivity (Wildman–Crippen MR) is 54.7 cm³/mol. The second-order valence-electron chi connectivity index (χ2n) is 3.47. The Balaban J connectivity index is 2.11. The van der Waals surface area contributed by atoms with Gasteiger partial charge in [-0.1, -0.05) is 19.3 Å². The lowest BCUT2D eigenvalue weighted by Gasteiger charge is -2.25. The summed E-state index contributed by atoms with van der Waals surface area (Å²) in [6.07, 6.45) is 6.75. The topological polar surface area (TPSA) is 21.3 Å². The van der Waals surface area contributed by atoms with E-state index in [1.165, 1.54) is 32.1 Å². The van der Waals surface area contributed by atoms with Crippen molar-refractivity contribution < 1.29 is 4.74 Å². The summed E-state index contributed by atoms with van der Waals surface area (Å²) in [4.78, 5) is 0. The molecule has 1 N–H and O–H groups in total. The summed E-state index contributed by atoms with van der Waals surface area (Å²) < 4.78 is 5.01. The molecule has 0 aromatic rings. The molecule has 0 radical (unpaired) electrons. The molecule has 0 heterocycles. The molecule has 1 unspecified atom stereocenters. The minimum Gasteiger partial charge on any atom is -0.382 e. The number of methoxy groups -OCH3 is 1. The third kappa shape index (κ3) is 3.78. The van der Waals surface area contributed by atoms with Gasteiger partial charge < -0.3 is 10.1 Å². The van der Waals surface area contributed by atoms with Crippen molar-refractivity contribution in [2.45, 2.75) is 43.5 Å². The zero-order valence-electron chi connectivity index (χ0n) is 7.75. The molecular weight excluding hydrogens is 170 g/mol. The lowest BCUT2D eigenvalue weighted by atomic mass is 9.95. The van der Waals surface area contributed by atoms with Crippen LogP contribution >= 0.6 is 12.6 Å². The first-order valence-electron chi connectivity index (χ1n) is 4.76. The lowest BCUT2D eigenvalue weighted by molar-refractivity contribution is 0.183. The van der Waals surface area contributed by atoms with E-state index in [1.54, 1.807) is 7.11 Å². The van der Waals surface area contributed by atoms with Crippen LogP contribution in [0, 0.1) is 0 Å². The Morgan fingerprint density at radius 1 is 1.42 bits per heavy atom. The minimum absolute atomic E-state index is 0.207. The van der Waals surface area contributed by atoms with Crippen molar-refractivity contribution in [2.75, 3.05) is 13.7 Å². The Hall–Kier alpha value is 0.270. The maximum Gasteiger partial charge on any atom is 0.0741 e. The zero-order valence-corrected chi connectivity index (χ0v) is 8.65. The van der Waals surface area contributed by atoms with Gasteiger partial charge in [0, 0.05) is 13.2 Å². The van der Waals surface area contributed by atoms with Crippen LogP contribution in [0.25, 0.3) is 0 Å². The van der Waals surface area contributed by atoms with Crippen molar-refractivity contribution in [1.29, 1.82) is 0 Å². The van der Waals surface area contributed by atoms with E-state index < -0.39 is 0 Å². The molecule has 1 rings (SSSR count). The first-order valence-corrected chi connectivity index (χ1v) is 5.27. The fourth-order valence-corrected chi connectivity index (χ4v) is 2.11. The number of rotatable bonds is 4. The molecule has 0 spiro atoms. The third-order valence-electron chi connectivity index (χ3n) is 2.36. The van der Waals surface area contributed by atoms with Crippen LogP contribution in [0.1, 0.15) is 32.1 Å². The SMILES string of the molecule is COCC(S)NC1CCCCC1. The Labute approximate surface area is 80.5 Å². The van der Waals surface area contributed by atoms with Gasteiger partial charge in [0.05, 0.1) is 12.0 Å². The molecule has 3 heteroatoms. The van der Waals surface area contributed by atoms with Crippen LogP contribution < -0.4 is 5.32 Å². The normalized spacial score (nSPS) is 22.5. The second kappa shape index (κ2) is 5.84. The van der Waals surface area contributed by atoms with Gasteiger partial charge in [-0.05, 0) is 12.8 Å². The standard InChI is InChI=1S/C9H19NOS/c1-11-7-9(12)10-8-5-3-2-4-6-8/h8-10,12H,2-7H2,1H3. The van der Waals surface area contributed by atoms with Gasteiger partial charge in [-0.25, -0.2) is 0 Å². The van der Waals surface area contributed by atoms with Crippen molar-refractivity contribution in [1.82, 2.24) is 5.32 Å². The molecule has 1 aliphatic carbocycles. The van der Waals surface area contributed by atoms with Crippen LogP contribution in [0.4, 0.5) is 0 Å². The van der Waals surface area contributed by atoms with Gasteiger partial charge in [0.2, 0.25) is 0 Å². The fourth-order valence-electron chi connectivity index (χ4n) is 1.75. The number of ether oxygens (including phenoxy) is 1. The fraction of sp³-hybridized carbons (Fsp3) is 1.00. The van der Waals surface area contributed by atoms with Crippen molar-refractivity contribution in [3.05, 3.63) is 0 Å². The largest absolute Gasteiger partial charge is 0.382 e. The number of hydrogen-bond acceptors (Lipinski definition) is 3. The monoisotopic (exact) mass is 189 g/mol. The maximum atomic E-state index is 5.01. The highest BCUT2D eigenvalue weighted by atomic mass is 32.1. The van der Waals surface area contributed by atoms with Gasteiger partial charge >= 0.3 is 0 Å². The van der Waals surface area contributed by atoms with Gasteiger partial charge in [-0.3, -0.25) is 0 Å². The smallest absolute Gasteiger partial charge is 0.0741 e. The molecule has 12 heavy (non-hydrogen) atoms. The molecule has 0 aromatic heterocycles. The highest BCUT2D eigenvalue weighted by molar-refractivity contribution is 7.80. The van der Waals surface area contributed by atoms with Crippen molar-refractivity contribution >= 4 is 12.6 Å². The summed E-state index contributed by atoms with van der Waals surface area (Å²) in [5.41, 5.74) is 0. The zero-order chi connectivity index (χ0) is 8.81. The van der Waals surface area contributed by atoms with Gasteiger partial charge in [-0.15, -0.1) is 0 Å². The van der Waals surface area contributed by atoms with Crippen LogP contribution in [0.5, 0.6) is 0 Å². The van der Waals surface area contributed by atoms with Gasteiger partial charge in [-0.2, -0.15) is 12.6 Å². The highest BCUT2D eigenvalue weighted by Gasteiger charge is 2.15. The van der Waals surface area contributed by atoms with Gasteiger partial charge in [0.1, 0.15) is 0 Å². The van der Waals surface area contributed by atoms with E-state index in [4.69, 9.17) is 4.74 Å². The molecule has 0 saturated heterocycles. The molecule has 72 valence electrons. The highest BCUT2D eigenvalue weighted by Crippen LogP contribution is 2.18. The molecule has 0 aromatic carbocycles. The van der Waals surface area contributed by atoms with Crippen LogP contribution in [0.15, 0.2) is 0 Å². The molecule has 2 nitrogen and oxygen atoms in total. The van der Waals surface area contributed by atoms with Crippen LogP contribution in [0.3, 0.4) is 0 Å². The average molecular weight is 189 g/mol. The molecule has 1 atom stereocenters. The number of thiol groups is 1. The molecule has 1 fully saturated rings. The third-order valence-corrected chi connectivity index (χ3v) is 2.66. The molecule has 0 amide bonds. The molecule has 0 aliphatic heterocycles. The molecule has 1 saturated carbocycles. The van der Waals surface area contributed by atoms with E-state index in [2.05, 4.69) is 17.9 Å². The first-order chi connectivity index (χ1) is 5.83. The molecular formula is C9H19NOS. The maximum absolute atomic E-state index is 5.01. The molecule has 1 aliphatic rings. The van der Waals surface area contributed by atoms with Gasteiger partial charge in [0.25, 0.3) is 0 Å². The van der Waals surface area contributed by atoms with Crippen LogP contribution in [0.2, 0.25) is 0 Å². The van der Waals surface area contributed by atoms with Gasteiger partial charge in [0.15, 0.2) is 0 Å². The first kappa shape index (κ1) is 10.4. The summed E-state index contributed by atoms with van der Waals surface area (Å²) in [5, 5.41) is 3.67. The summed E-state index contributed by atoms with van der Waals surface area (Å²) in [6, 6.07) is 0.677. The summed E-state index contributed by atoms with van der Waals surface area (Å²) in [5.74, 6) is 0. The molecule has 0 bridgehead atoms. The Morgan fingerprint density at radius 3 is 2.67 bits per heavy atom.